The zero-order valence-electron chi connectivity index (χ0n) is 9.27. The van der Waals surface area contributed by atoms with Crippen molar-refractivity contribution in [2.75, 3.05) is 20.8 Å². The van der Waals surface area contributed by atoms with Gasteiger partial charge in [0.25, 0.3) is 5.91 Å². The Bertz CT molecular complexity index is 440. The number of carbonyl (C=O) groups is 1. The highest BCUT2D eigenvalue weighted by Gasteiger charge is 2.19. The molecule has 0 aliphatic carbocycles. The maximum Gasteiger partial charge on any atom is 0.276 e. The Morgan fingerprint density at radius 3 is 2.94 bits per heavy atom. The monoisotopic (exact) mass is 219 g/mol. The van der Waals surface area contributed by atoms with E-state index in [0.29, 0.717) is 5.57 Å². The lowest BCUT2D eigenvalue weighted by atomic mass is 10.1. The molecule has 4 nitrogen and oxygen atoms in total. The lowest BCUT2D eigenvalue weighted by Crippen LogP contribution is -2.30. The van der Waals surface area contributed by atoms with E-state index < -0.39 is 0 Å². The highest BCUT2D eigenvalue weighted by molar-refractivity contribution is 5.98. The van der Waals surface area contributed by atoms with Gasteiger partial charge in [-0.15, -0.1) is 0 Å². The third-order valence-corrected chi connectivity index (χ3v) is 2.47. The minimum absolute atomic E-state index is 0.183. The molecule has 0 bridgehead atoms. The standard InChI is InChI=1S/C12H13NO3/c1-13(15-2)12(14)10-7-9-5-3-4-6-11(9)16-8-10/h3-7H,8H2,1-2H3. The molecule has 1 heterocycles. The fraction of sp³-hybridized carbons (Fsp3) is 0.250. The average Bonchev–Trinajstić information content (AvgIpc) is 2.36. The van der Waals surface area contributed by atoms with Gasteiger partial charge >= 0.3 is 0 Å². The van der Waals surface area contributed by atoms with Gasteiger partial charge in [-0.05, 0) is 12.1 Å². The van der Waals surface area contributed by atoms with Crippen molar-refractivity contribution >= 4 is 12.0 Å². The second-order valence-electron chi connectivity index (χ2n) is 3.48. The summed E-state index contributed by atoms with van der Waals surface area (Å²) in [5.41, 5.74) is 1.50. The Hall–Kier alpha value is -1.81. The predicted octanol–water partition coefficient (Wildman–Crippen LogP) is 1.48. The quantitative estimate of drug-likeness (QED) is 0.707. The first-order chi connectivity index (χ1) is 7.72. The van der Waals surface area contributed by atoms with Crippen LogP contribution in [0.3, 0.4) is 0 Å². The number of nitrogens with zero attached hydrogens (tertiary/aromatic N) is 1. The zero-order valence-corrected chi connectivity index (χ0v) is 9.27. The van der Waals surface area contributed by atoms with Gasteiger partial charge in [0.2, 0.25) is 0 Å². The SMILES string of the molecule is CON(C)C(=O)C1=Cc2ccccc2OC1. The van der Waals surface area contributed by atoms with E-state index in [1.54, 1.807) is 7.05 Å². The van der Waals surface area contributed by atoms with Crippen LogP contribution in [0, 0.1) is 0 Å². The molecule has 4 heteroatoms. The first kappa shape index (κ1) is 10.7. The summed E-state index contributed by atoms with van der Waals surface area (Å²) in [5.74, 6) is 0.621. The third-order valence-electron chi connectivity index (χ3n) is 2.47. The van der Waals surface area contributed by atoms with Gasteiger partial charge in [-0.1, -0.05) is 18.2 Å². The average molecular weight is 219 g/mol. The van der Waals surface area contributed by atoms with E-state index in [0.717, 1.165) is 11.3 Å². The Kier molecular flexibility index (Phi) is 2.92. The molecule has 0 fully saturated rings. The van der Waals surface area contributed by atoms with Crippen LogP contribution in [0.5, 0.6) is 5.75 Å². The van der Waals surface area contributed by atoms with Crippen molar-refractivity contribution in [3.05, 3.63) is 35.4 Å². The van der Waals surface area contributed by atoms with Gasteiger partial charge in [-0.3, -0.25) is 9.63 Å². The summed E-state index contributed by atoms with van der Waals surface area (Å²) >= 11 is 0. The fourth-order valence-electron chi connectivity index (χ4n) is 1.52. The first-order valence-electron chi connectivity index (χ1n) is 4.97. The maximum absolute atomic E-state index is 11.8. The number of hydrogen-bond acceptors (Lipinski definition) is 3. The second-order valence-corrected chi connectivity index (χ2v) is 3.48. The van der Waals surface area contributed by atoms with Crippen LogP contribution >= 0.6 is 0 Å². The van der Waals surface area contributed by atoms with Crippen LogP contribution in [0.25, 0.3) is 6.08 Å². The van der Waals surface area contributed by atoms with Gasteiger partial charge in [0.15, 0.2) is 0 Å². The molecule has 16 heavy (non-hydrogen) atoms. The third kappa shape index (κ3) is 1.92. The molecule has 0 spiro atoms. The van der Waals surface area contributed by atoms with E-state index in [9.17, 15) is 4.79 Å². The molecule has 84 valence electrons. The molecular weight excluding hydrogens is 206 g/mol. The summed E-state index contributed by atoms with van der Waals surface area (Å²) in [6.45, 7) is 0.281. The van der Waals surface area contributed by atoms with E-state index in [2.05, 4.69) is 0 Å². The van der Waals surface area contributed by atoms with E-state index in [4.69, 9.17) is 9.57 Å². The number of hydrogen-bond donors (Lipinski definition) is 0. The molecule has 0 saturated heterocycles. The molecule has 0 aromatic heterocycles. The molecular formula is C12H13NO3. The summed E-state index contributed by atoms with van der Waals surface area (Å²) in [4.78, 5) is 16.6. The normalized spacial score (nSPS) is 13.5. The van der Waals surface area contributed by atoms with Crippen LogP contribution in [-0.2, 0) is 9.63 Å². The number of amides is 1. The molecule has 0 saturated carbocycles. The molecule has 0 N–H and O–H groups in total. The predicted molar refractivity (Wildman–Crippen MR) is 59.7 cm³/mol. The Balaban J connectivity index is 2.27. The molecule has 0 radical (unpaired) electrons. The molecule has 1 aromatic carbocycles. The van der Waals surface area contributed by atoms with E-state index in [1.165, 1.54) is 12.2 Å². The van der Waals surface area contributed by atoms with Gasteiger partial charge in [0.05, 0.1) is 12.7 Å². The van der Waals surface area contributed by atoms with Crippen LogP contribution < -0.4 is 4.74 Å². The molecule has 0 atom stereocenters. The summed E-state index contributed by atoms with van der Waals surface area (Å²) in [5, 5.41) is 1.18. The van der Waals surface area contributed by atoms with Crippen LogP contribution in [0.4, 0.5) is 0 Å². The number of para-hydroxylation sites is 1. The minimum Gasteiger partial charge on any atom is -0.488 e. The second kappa shape index (κ2) is 4.37. The maximum atomic E-state index is 11.8. The number of fused-ring (bicyclic) bond motifs is 1. The number of rotatable bonds is 2. The summed E-state index contributed by atoms with van der Waals surface area (Å²) in [7, 11) is 3.03. The molecule has 1 aliphatic heterocycles. The Morgan fingerprint density at radius 1 is 1.44 bits per heavy atom. The first-order valence-corrected chi connectivity index (χ1v) is 4.97. The van der Waals surface area contributed by atoms with Crippen LogP contribution in [-0.4, -0.2) is 31.7 Å². The smallest absolute Gasteiger partial charge is 0.276 e. The van der Waals surface area contributed by atoms with E-state index in [-0.39, 0.29) is 12.5 Å². The van der Waals surface area contributed by atoms with Crippen molar-refractivity contribution in [3.63, 3.8) is 0 Å². The van der Waals surface area contributed by atoms with E-state index in [1.807, 2.05) is 30.3 Å². The van der Waals surface area contributed by atoms with Gasteiger partial charge in [0.1, 0.15) is 12.4 Å². The number of carbonyl (C=O) groups excluding carboxylic acids is 1. The van der Waals surface area contributed by atoms with Crippen molar-refractivity contribution in [1.82, 2.24) is 5.06 Å². The zero-order chi connectivity index (χ0) is 11.5. The summed E-state index contributed by atoms with van der Waals surface area (Å²) in [6.07, 6.45) is 1.83. The highest BCUT2D eigenvalue weighted by Crippen LogP contribution is 2.26. The molecule has 1 aliphatic rings. The molecule has 1 amide bonds. The minimum atomic E-state index is -0.183. The summed E-state index contributed by atoms with van der Waals surface area (Å²) < 4.78 is 5.48. The molecule has 2 rings (SSSR count). The van der Waals surface area contributed by atoms with Crippen molar-refractivity contribution in [3.8, 4) is 5.75 Å². The fourth-order valence-corrected chi connectivity index (χ4v) is 1.52. The molecule has 0 unspecified atom stereocenters. The van der Waals surface area contributed by atoms with Gasteiger partial charge < -0.3 is 4.74 Å². The van der Waals surface area contributed by atoms with Crippen LogP contribution in [0.15, 0.2) is 29.8 Å². The van der Waals surface area contributed by atoms with Crippen molar-refractivity contribution in [1.29, 1.82) is 0 Å². The van der Waals surface area contributed by atoms with Gasteiger partial charge in [-0.25, -0.2) is 5.06 Å². The van der Waals surface area contributed by atoms with Crippen molar-refractivity contribution in [2.24, 2.45) is 0 Å². The Morgan fingerprint density at radius 2 is 2.19 bits per heavy atom. The number of ether oxygens (including phenoxy) is 1. The largest absolute Gasteiger partial charge is 0.488 e. The van der Waals surface area contributed by atoms with Crippen molar-refractivity contribution in [2.45, 2.75) is 0 Å². The number of likely N-dealkylation sites (N-methyl/N-ethyl adjacent to an activating group) is 1. The van der Waals surface area contributed by atoms with Crippen LogP contribution in [0.2, 0.25) is 0 Å². The van der Waals surface area contributed by atoms with Crippen LogP contribution in [0.1, 0.15) is 5.56 Å². The molecule has 1 aromatic rings. The lowest BCUT2D eigenvalue weighted by Gasteiger charge is -2.20. The number of benzene rings is 1. The highest BCUT2D eigenvalue weighted by atomic mass is 16.7. The number of hydroxylamine groups is 2. The lowest BCUT2D eigenvalue weighted by molar-refractivity contribution is -0.164. The summed E-state index contributed by atoms with van der Waals surface area (Å²) in [6, 6.07) is 7.61. The van der Waals surface area contributed by atoms with E-state index >= 15 is 0 Å². The van der Waals surface area contributed by atoms with Gasteiger partial charge in [0, 0.05) is 12.6 Å². The topological polar surface area (TPSA) is 38.8 Å². The van der Waals surface area contributed by atoms with Crippen molar-refractivity contribution < 1.29 is 14.4 Å². The Labute approximate surface area is 94.0 Å². The van der Waals surface area contributed by atoms with Gasteiger partial charge in [-0.2, -0.15) is 0 Å².